The summed E-state index contributed by atoms with van der Waals surface area (Å²) >= 11 is 0. The summed E-state index contributed by atoms with van der Waals surface area (Å²) in [5, 5.41) is 13.6. The van der Waals surface area contributed by atoms with Gasteiger partial charge in [0.1, 0.15) is 0 Å². The highest BCUT2D eigenvalue weighted by atomic mass is 16.5. The molecule has 0 aliphatic carbocycles. The van der Waals surface area contributed by atoms with Crippen molar-refractivity contribution in [2.45, 2.75) is 0 Å². The third kappa shape index (κ3) is 1.75. The van der Waals surface area contributed by atoms with Crippen LogP contribution in [0.25, 0.3) is 5.69 Å². The first-order valence-electron chi connectivity index (χ1n) is 4.65. The largest absolute Gasteiger partial charge is 0.493 e. The number of carbonyl (C=O) groups excluding carboxylic acids is 1. The fourth-order valence-electron chi connectivity index (χ4n) is 1.33. The van der Waals surface area contributed by atoms with Crippen LogP contribution < -0.4 is 0 Å². The first-order valence-corrected chi connectivity index (χ1v) is 4.65. The van der Waals surface area contributed by atoms with Crippen LogP contribution >= 0.6 is 0 Å². The van der Waals surface area contributed by atoms with Crippen LogP contribution in [0.3, 0.4) is 0 Å². The van der Waals surface area contributed by atoms with Crippen molar-refractivity contribution in [2.75, 3.05) is 7.11 Å². The van der Waals surface area contributed by atoms with Gasteiger partial charge in [-0.3, -0.25) is 0 Å². The monoisotopic (exact) mass is 218 g/mol. The van der Waals surface area contributed by atoms with Gasteiger partial charge in [0.05, 0.1) is 12.8 Å². The number of ether oxygens (including phenoxy) is 1. The third-order valence-electron chi connectivity index (χ3n) is 2.09. The second-order valence-electron chi connectivity index (χ2n) is 3.13. The number of benzene rings is 1. The van der Waals surface area contributed by atoms with Gasteiger partial charge in [0.2, 0.25) is 5.88 Å². The van der Waals surface area contributed by atoms with Crippen LogP contribution in [0.2, 0.25) is 0 Å². The molecular formula is C11H10N2O3. The Kier molecular flexibility index (Phi) is 2.59. The second kappa shape index (κ2) is 4.06. The van der Waals surface area contributed by atoms with Gasteiger partial charge in [0.25, 0.3) is 0 Å². The van der Waals surface area contributed by atoms with Crippen molar-refractivity contribution in [1.82, 2.24) is 9.78 Å². The number of para-hydroxylation sites is 1. The van der Waals surface area contributed by atoms with Gasteiger partial charge in [-0.2, -0.15) is 5.10 Å². The number of rotatable bonds is 2. The minimum Gasteiger partial charge on any atom is -0.493 e. The van der Waals surface area contributed by atoms with Crippen molar-refractivity contribution in [3.8, 4) is 11.6 Å². The molecule has 0 saturated carbocycles. The van der Waals surface area contributed by atoms with Crippen LogP contribution in [0.4, 0.5) is 0 Å². The van der Waals surface area contributed by atoms with Crippen LogP contribution in [-0.2, 0) is 4.74 Å². The normalized spacial score (nSPS) is 10.1. The zero-order valence-corrected chi connectivity index (χ0v) is 8.62. The zero-order chi connectivity index (χ0) is 11.5. The average Bonchev–Trinajstić information content (AvgIpc) is 2.71. The number of hydrogen-bond donors (Lipinski definition) is 1. The van der Waals surface area contributed by atoms with Gasteiger partial charge in [-0.15, -0.1) is 0 Å². The second-order valence-corrected chi connectivity index (χ2v) is 3.13. The molecule has 0 saturated heterocycles. The maximum absolute atomic E-state index is 11.2. The molecule has 0 aliphatic rings. The molecule has 5 heteroatoms. The Balaban J connectivity index is 2.44. The van der Waals surface area contributed by atoms with Crippen molar-refractivity contribution in [2.24, 2.45) is 0 Å². The highest BCUT2D eigenvalue weighted by Crippen LogP contribution is 2.17. The van der Waals surface area contributed by atoms with Gasteiger partial charge in [0.15, 0.2) is 5.69 Å². The molecule has 0 unspecified atom stereocenters. The van der Waals surface area contributed by atoms with Crippen LogP contribution in [0, 0.1) is 0 Å². The molecule has 0 bridgehead atoms. The Hall–Kier alpha value is -2.30. The molecule has 2 rings (SSSR count). The Morgan fingerprint density at radius 2 is 2.06 bits per heavy atom. The van der Waals surface area contributed by atoms with Crippen LogP contribution in [0.1, 0.15) is 10.5 Å². The molecule has 0 spiro atoms. The van der Waals surface area contributed by atoms with Crippen molar-refractivity contribution in [3.63, 3.8) is 0 Å². The summed E-state index contributed by atoms with van der Waals surface area (Å²) < 4.78 is 5.78. The average molecular weight is 218 g/mol. The zero-order valence-electron chi connectivity index (χ0n) is 8.62. The fraction of sp³-hybridized carbons (Fsp3) is 0.0909. The van der Waals surface area contributed by atoms with E-state index in [-0.39, 0.29) is 11.6 Å². The maximum Gasteiger partial charge on any atom is 0.358 e. The van der Waals surface area contributed by atoms with Crippen molar-refractivity contribution >= 4 is 5.97 Å². The molecule has 1 aromatic carbocycles. The van der Waals surface area contributed by atoms with Crippen molar-refractivity contribution < 1.29 is 14.6 Å². The van der Waals surface area contributed by atoms with Gasteiger partial charge in [-0.1, -0.05) is 18.2 Å². The number of aromatic hydroxyl groups is 1. The van der Waals surface area contributed by atoms with E-state index in [1.807, 2.05) is 18.2 Å². The number of esters is 1. The SMILES string of the molecule is COC(=O)c1cc(O)n(-c2ccccc2)n1. The Morgan fingerprint density at radius 1 is 1.38 bits per heavy atom. The number of hydrogen-bond acceptors (Lipinski definition) is 4. The summed E-state index contributed by atoms with van der Waals surface area (Å²) in [5.41, 5.74) is 0.749. The standard InChI is InChI=1S/C11H10N2O3/c1-16-11(15)9-7-10(14)13(12-9)8-5-3-2-4-6-8/h2-7,14H,1H3. The van der Waals surface area contributed by atoms with Crippen LogP contribution in [0.5, 0.6) is 5.88 Å². The van der Waals surface area contributed by atoms with E-state index in [0.717, 1.165) is 0 Å². The van der Waals surface area contributed by atoms with E-state index in [9.17, 15) is 9.90 Å². The minimum absolute atomic E-state index is 0.0730. The molecular weight excluding hydrogens is 208 g/mol. The molecule has 82 valence electrons. The van der Waals surface area contributed by atoms with E-state index in [2.05, 4.69) is 9.84 Å². The smallest absolute Gasteiger partial charge is 0.358 e. The molecule has 0 atom stereocenters. The lowest BCUT2D eigenvalue weighted by atomic mass is 10.3. The van der Waals surface area contributed by atoms with Crippen LogP contribution in [0.15, 0.2) is 36.4 Å². The number of aromatic nitrogens is 2. The van der Waals surface area contributed by atoms with Gasteiger partial charge >= 0.3 is 5.97 Å². The predicted octanol–water partition coefficient (Wildman–Crippen LogP) is 1.36. The van der Waals surface area contributed by atoms with E-state index in [0.29, 0.717) is 5.69 Å². The molecule has 0 fully saturated rings. The lowest BCUT2D eigenvalue weighted by molar-refractivity contribution is 0.0593. The molecule has 1 aromatic heterocycles. The summed E-state index contributed by atoms with van der Waals surface area (Å²) in [7, 11) is 1.26. The molecule has 0 radical (unpaired) electrons. The summed E-state index contributed by atoms with van der Waals surface area (Å²) in [6.07, 6.45) is 0. The van der Waals surface area contributed by atoms with E-state index >= 15 is 0 Å². The van der Waals surface area contributed by atoms with Gasteiger partial charge < -0.3 is 9.84 Å². The summed E-state index contributed by atoms with van der Waals surface area (Å²) in [4.78, 5) is 11.2. The van der Waals surface area contributed by atoms with Gasteiger partial charge in [-0.25, -0.2) is 9.48 Å². The Bertz CT molecular complexity index is 505. The first kappa shape index (κ1) is 10.2. The highest BCUT2D eigenvalue weighted by Gasteiger charge is 2.14. The number of carbonyl (C=O) groups is 1. The topological polar surface area (TPSA) is 64.3 Å². The maximum atomic E-state index is 11.2. The van der Waals surface area contributed by atoms with Gasteiger partial charge in [0, 0.05) is 6.07 Å². The number of nitrogens with zero attached hydrogens (tertiary/aromatic N) is 2. The minimum atomic E-state index is -0.579. The van der Waals surface area contributed by atoms with E-state index in [1.54, 1.807) is 12.1 Å². The van der Waals surface area contributed by atoms with E-state index in [4.69, 9.17) is 0 Å². The molecule has 5 nitrogen and oxygen atoms in total. The Labute approximate surface area is 91.9 Å². The lowest BCUT2D eigenvalue weighted by Crippen LogP contribution is -2.03. The first-order chi connectivity index (χ1) is 7.72. The predicted molar refractivity (Wildman–Crippen MR) is 56.6 cm³/mol. The molecule has 0 aliphatic heterocycles. The molecule has 0 amide bonds. The molecule has 1 heterocycles. The van der Waals surface area contributed by atoms with Crippen molar-refractivity contribution in [1.29, 1.82) is 0 Å². The van der Waals surface area contributed by atoms with Gasteiger partial charge in [-0.05, 0) is 12.1 Å². The fourth-order valence-corrected chi connectivity index (χ4v) is 1.33. The van der Waals surface area contributed by atoms with Crippen molar-refractivity contribution in [3.05, 3.63) is 42.1 Å². The third-order valence-corrected chi connectivity index (χ3v) is 2.09. The highest BCUT2D eigenvalue weighted by molar-refractivity contribution is 5.87. The lowest BCUT2D eigenvalue weighted by Gasteiger charge is -2.01. The summed E-state index contributed by atoms with van der Waals surface area (Å²) in [6.45, 7) is 0. The summed E-state index contributed by atoms with van der Waals surface area (Å²) in [5.74, 6) is -0.684. The number of methoxy groups -OCH3 is 1. The molecule has 1 N–H and O–H groups in total. The van der Waals surface area contributed by atoms with Crippen LogP contribution in [-0.4, -0.2) is 28.0 Å². The molecule has 16 heavy (non-hydrogen) atoms. The summed E-state index contributed by atoms with van der Waals surface area (Å²) in [6, 6.07) is 10.3. The Morgan fingerprint density at radius 3 is 2.69 bits per heavy atom. The van der Waals surface area contributed by atoms with E-state index < -0.39 is 5.97 Å². The quantitative estimate of drug-likeness (QED) is 0.773. The molecule has 2 aromatic rings. The van der Waals surface area contributed by atoms with E-state index in [1.165, 1.54) is 17.9 Å².